The minimum absolute atomic E-state index is 0.185. The molecule has 0 aliphatic carbocycles. The van der Waals surface area contributed by atoms with E-state index in [0.717, 1.165) is 18.9 Å². The molecule has 19 heavy (non-hydrogen) atoms. The van der Waals surface area contributed by atoms with E-state index in [4.69, 9.17) is 5.73 Å². The molecule has 0 radical (unpaired) electrons. The predicted octanol–water partition coefficient (Wildman–Crippen LogP) is 3.16. The van der Waals surface area contributed by atoms with Crippen molar-refractivity contribution in [2.45, 2.75) is 31.5 Å². The lowest BCUT2D eigenvalue weighted by atomic mass is 9.86. The number of anilines is 1. The molecule has 2 N–H and O–H groups in total. The van der Waals surface area contributed by atoms with Gasteiger partial charge in [0, 0.05) is 13.1 Å². The SMILES string of the molecule is CCCC1(N)CN(c2ccc(C(F)(F)F)cc2F)C1. The molecule has 1 saturated heterocycles. The Bertz CT molecular complexity index is 464. The number of hydrogen-bond acceptors (Lipinski definition) is 2. The third-order valence-electron chi connectivity index (χ3n) is 3.38. The monoisotopic (exact) mass is 276 g/mol. The van der Waals surface area contributed by atoms with Gasteiger partial charge in [0.05, 0.1) is 16.8 Å². The molecule has 1 aromatic rings. The van der Waals surface area contributed by atoms with Gasteiger partial charge in [0.25, 0.3) is 0 Å². The van der Waals surface area contributed by atoms with Gasteiger partial charge in [-0.25, -0.2) is 4.39 Å². The molecule has 1 fully saturated rings. The highest BCUT2D eigenvalue weighted by atomic mass is 19.4. The molecule has 0 amide bonds. The lowest BCUT2D eigenvalue weighted by Crippen LogP contribution is -2.67. The van der Waals surface area contributed by atoms with Crippen LogP contribution in [-0.4, -0.2) is 18.6 Å². The molecule has 0 saturated carbocycles. The second kappa shape index (κ2) is 4.67. The van der Waals surface area contributed by atoms with Crippen molar-refractivity contribution >= 4 is 5.69 Å². The van der Waals surface area contributed by atoms with Gasteiger partial charge >= 0.3 is 6.18 Å². The van der Waals surface area contributed by atoms with Gasteiger partial charge in [0.1, 0.15) is 5.82 Å². The highest BCUT2D eigenvalue weighted by Gasteiger charge is 2.40. The van der Waals surface area contributed by atoms with E-state index >= 15 is 0 Å². The molecule has 0 unspecified atom stereocenters. The summed E-state index contributed by atoms with van der Waals surface area (Å²) in [6, 6.07) is 2.60. The minimum atomic E-state index is -4.52. The van der Waals surface area contributed by atoms with Gasteiger partial charge < -0.3 is 10.6 Å². The first-order valence-electron chi connectivity index (χ1n) is 6.16. The second-order valence-corrected chi connectivity index (χ2v) is 5.13. The Kier molecular flexibility index (Phi) is 3.47. The number of benzene rings is 1. The number of rotatable bonds is 3. The standard InChI is InChI=1S/C13H16F4N2/c1-2-5-12(18)7-19(8-12)11-4-3-9(6-10(11)14)13(15,16)17/h3-4,6H,2,5,7-8,18H2,1H3. The molecule has 0 aromatic heterocycles. The van der Waals surface area contributed by atoms with Gasteiger partial charge in [-0.2, -0.15) is 13.2 Å². The maximum atomic E-state index is 13.7. The normalized spacial score (nSPS) is 18.3. The molecule has 2 nitrogen and oxygen atoms in total. The number of alkyl halides is 3. The molecule has 0 atom stereocenters. The molecule has 1 aliphatic heterocycles. The summed E-state index contributed by atoms with van der Waals surface area (Å²) in [7, 11) is 0. The van der Waals surface area contributed by atoms with Crippen LogP contribution in [0.25, 0.3) is 0 Å². The Morgan fingerprint density at radius 2 is 1.95 bits per heavy atom. The summed E-state index contributed by atoms with van der Waals surface area (Å²) in [5, 5.41) is 0. The fourth-order valence-corrected chi connectivity index (χ4v) is 2.48. The molecular formula is C13H16F4N2. The Balaban J connectivity index is 2.12. The number of nitrogens with two attached hydrogens (primary N) is 1. The van der Waals surface area contributed by atoms with Crippen LogP contribution in [0.2, 0.25) is 0 Å². The van der Waals surface area contributed by atoms with E-state index in [1.54, 1.807) is 4.90 Å². The van der Waals surface area contributed by atoms with Crippen molar-refractivity contribution in [2.75, 3.05) is 18.0 Å². The van der Waals surface area contributed by atoms with E-state index in [9.17, 15) is 17.6 Å². The van der Waals surface area contributed by atoms with Gasteiger partial charge in [-0.1, -0.05) is 13.3 Å². The van der Waals surface area contributed by atoms with E-state index in [-0.39, 0.29) is 11.2 Å². The molecule has 2 rings (SSSR count). The number of nitrogens with zero attached hydrogens (tertiary/aromatic N) is 1. The quantitative estimate of drug-likeness (QED) is 0.859. The predicted molar refractivity (Wildman–Crippen MR) is 65.4 cm³/mol. The Morgan fingerprint density at radius 1 is 1.32 bits per heavy atom. The molecular weight excluding hydrogens is 260 g/mol. The zero-order chi connectivity index (χ0) is 14.3. The van der Waals surface area contributed by atoms with Crippen LogP contribution in [0.3, 0.4) is 0 Å². The fourth-order valence-electron chi connectivity index (χ4n) is 2.48. The first-order chi connectivity index (χ1) is 8.75. The van der Waals surface area contributed by atoms with Gasteiger partial charge in [-0.3, -0.25) is 0 Å². The largest absolute Gasteiger partial charge is 0.416 e. The van der Waals surface area contributed by atoms with Crippen LogP contribution in [0, 0.1) is 5.82 Å². The lowest BCUT2D eigenvalue weighted by Gasteiger charge is -2.49. The van der Waals surface area contributed by atoms with E-state index in [0.29, 0.717) is 19.2 Å². The summed E-state index contributed by atoms with van der Waals surface area (Å²) in [6.45, 7) is 2.96. The summed E-state index contributed by atoms with van der Waals surface area (Å²) in [5.74, 6) is -0.853. The average molecular weight is 276 g/mol. The molecule has 106 valence electrons. The van der Waals surface area contributed by atoms with E-state index in [1.165, 1.54) is 6.07 Å². The molecule has 1 aromatic carbocycles. The second-order valence-electron chi connectivity index (χ2n) is 5.13. The maximum Gasteiger partial charge on any atom is 0.416 e. The zero-order valence-electron chi connectivity index (χ0n) is 10.6. The highest BCUT2D eigenvalue weighted by molar-refractivity contribution is 5.53. The topological polar surface area (TPSA) is 29.3 Å². The minimum Gasteiger partial charge on any atom is -0.365 e. The van der Waals surface area contributed by atoms with Crippen LogP contribution < -0.4 is 10.6 Å². The summed E-state index contributed by atoms with van der Waals surface area (Å²) in [4.78, 5) is 1.67. The van der Waals surface area contributed by atoms with Crippen LogP contribution in [0.4, 0.5) is 23.2 Å². The first-order valence-corrected chi connectivity index (χ1v) is 6.16. The molecule has 0 spiro atoms. The number of hydrogen-bond donors (Lipinski definition) is 1. The molecule has 6 heteroatoms. The Morgan fingerprint density at radius 3 is 2.42 bits per heavy atom. The van der Waals surface area contributed by atoms with Crippen LogP contribution >= 0.6 is 0 Å². The summed E-state index contributed by atoms with van der Waals surface area (Å²) in [5.41, 5.74) is 4.92. The van der Waals surface area contributed by atoms with Crippen molar-refractivity contribution < 1.29 is 17.6 Å². The van der Waals surface area contributed by atoms with Gasteiger partial charge in [-0.05, 0) is 24.6 Å². The van der Waals surface area contributed by atoms with E-state index < -0.39 is 17.6 Å². The molecule has 0 bridgehead atoms. The number of halogens is 4. The van der Waals surface area contributed by atoms with Crippen LogP contribution in [0.15, 0.2) is 18.2 Å². The van der Waals surface area contributed by atoms with Crippen molar-refractivity contribution in [1.29, 1.82) is 0 Å². The van der Waals surface area contributed by atoms with Crippen molar-refractivity contribution in [2.24, 2.45) is 5.73 Å². The van der Waals surface area contributed by atoms with Gasteiger partial charge in [0.15, 0.2) is 0 Å². The smallest absolute Gasteiger partial charge is 0.365 e. The van der Waals surface area contributed by atoms with Crippen molar-refractivity contribution in [3.8, 4) is 0 Å². The van der Waals surface area contributed by atoms with Crippen LogP contribution in [0.1, 0.15) is 25.3 Å². The van der Waals surface area contributed by atoms with E-state index in [2.05, 4.69) is 0 Å². The van der Waals surface area contributed by atoms with Crippen LogP contribution in [-0.2, 0) is 6.18 Å². The summed E-state index contributed by atoms with van der Waals surface area (Å²) in [6.07, 6.45) is -2.76. The van der Waals surface area contributed by atoms with Crippen molar-refractivity contribution in [3.63, 3.8) is 0 Å². The first kappa shape index (κ1) is 14.1. The van der Waals surface area contributed by atoms with Crippen molar-refractivity contribution in [3.05, 3.63) is 29.6 Å². The van der Waals surface area contributed by atoms with Gasteiger partial charge in [-0.15, -0.1) is 0 Å². The third kappa shape index (κ3) is 2.83. The third-order valence-corrected chi connectivity index (χ3v) is 3.38. The molecule has 1 heterocycles. The Labute approximate surface area is 109 Å². The van der Waals surface area contributed by atoms with Crippen LogP contribution in [0.5, 0.6) is 0 Å². The lowest BCUT2D eigenvalue weighted by molar-refractivity contribution is -0.137. The van der Waals surface area contributed by atoms with Crippen molar-refractivity contribution in [1.82, 2.24) is 0 Å². The fraction of sp³-hybridized carbons (Fsp3) is 0.538. The zero-order valence-corrected chi connectivity index (χ0v) is 10.6. The highest BCUT2D eigenvalue weighted by Crippen LogP contribution is 2.35. The van der Waals surface area contributed by atoms with Gasteiger partial charge in [0.2, 0.25) is 0 Å². The average Bonchev–Trinajstić information content (AvgIpc) is 2.25. The Hall–Kier alpha value is -1.30. The molecule has 1 aliphatic rings. The van der Waals surface area contributed by atoms with E-state index in [1.807, 2.05) is 6.92 Å². The summed E-state index contributed by atoms with van der Waals surface area (Å²) < 4.78 is 51.0. The summed E-state index contributed by atoms with van der Waals surface area (Å²) >= 11 is 0. The maximum absolute atomic E-state index is 13.7.